The first-order valence-corrected chi connectivity index (χ1v) is 6.91. The molecule has 3 amide bonds. The average molecular weight is 306 g/mol. The van der Waals surface area contributed by atoms with E-state index in [0.29, 0.717) is 6.54 Å². The Hall–Kier alpha value is -1.14. The van der Waals surface area contributed by atoms with Crippen LogP contribution in [0.25, 0.3) is 0 Å². The van der Waals surface area contributed by atoms with E-state index in [4.69, 9.17) is 5.73 Å². The molecule has 1 atom stereocenters. The Morgan fingerprint density at radius 1 is 1.35 bits per heavy atom. The molecule has 3 N–H and O–H groups in total. The van der Waals surface area contributed by atoms with E-state index in [1.807, 2.05) is 0 Å². The zero-order chi connectivity index (χ0) is 14.3. The molecule has 0 aromatic carbocycles. The number of imide groups is 1. The van der Waals surface area contributed by atoms with Gasteiger partial charge in [-0.15, -0.1) is 12.4 Å². The molecule has 116 valence electrons. The van der Waals surface area contributed by atoms with E-state index < -0.39 is 0 Å². The van der Waals surface area contributed by atoms with Crippen LogP contribution in [-0.4, -0.2) is 41.8 Å². The monoisotopic (exact) mass is 305 g/mol. The van der Waals surface area contributed by atoms with Crippen LogP contribution in [0, 0.1) is 0 Å². The van der Waals surface area contributed by atoms with Crippen LogP contribution in [0.2, 0.25) is 0 Å². The van der Waals surface area contributed by atoms with E-state index in [-0.39, 0.29) is 62.0 Å². The van der Waals surface area contributed by atoms with E-state index >= 15 is 0 Å². The summed E-state index contributed by atoms with van der Waals surface area (Å²) in [6.07, 6.45) is 3.62. The maximum atomic E-state index is 11.7. The third kappa shape index (κ3) is 5.88. The number of halogens is 1. The van der Waals surface area contributed by atoms with Crippen molar-refractivity contribution in [3.63, 3.8) is 0 Å². The largest absolute Gasteiger partial charge is 0.352 e. The number of hydrogen-bond acceptors (Lipinski definition) is 4. The minimum Gasteiger partial charge on any atom is -0.352 e. The van der Waals surface area contributed by atoms with E-state index in [0.717, 1.165) is 19.3 Å². The zero-order valence-corrected chi connectivity index (χ0v) is 12.7. The van der Waals surface area contributed by atoms with Crippen LogP contribution in [0.5, 0.6) is 0 Å². The molecule has 0 saturated carbocycles. The molecule has 1 fully saturated rings. The lowest BCUT2D eigenvalue weighted by molar-refractivity contribution is -0.138. The normalized spacial score (nSPS) is 16.0. The number of nitrogens with zero attached hydrogens (tertiary/aromatic N) is 1. The van der Waals surface area contributed by atoms with Crippen molar-refractivity contribution < 1.29 is 14.4 Å². The highest BCUT2D eigenvalue weighted by molar-refractivity contribution is 6.02. The number of unbranched alkanes of at least 4 members (excludes halogenated alkanes) is 1. The van der Waals surface area contributed by atoms with Gasteiger partial charge < -0.3 is 11.1 Å². The highest BCUT2D eigenvalue weighted by Gasteiger charge is 2.28. The van der Waals surface area contributed by atoms with Gasteiger partial charge in [-0.1, -0.05) is 19.8 Å². The predicted octanol–water partition coefficient (Wildman–Crippen LogP) is 0.581. The third-order valence-electron chi connectivity index (χ3n) is 3.27. The van der Waals surface area contributed by atoms with Crippen molar-refractivity contribution in [3.05, 3.63) is 0 Å². The summed E-state index contributed by atoms with van der Waals surface area (Å²) in [6, 6.07) is -0.0163. The van der Waals surface area contributed by atoms with Gasteiger partial charge in [0.2, 0.25) is 17.7 Å². The molecule has 1 rings (SSSR count). The first-order chi connectivity index (χ1) is 9.08. The summed E-state index contributed by atoms with van der Waals surface area (Å²) < 4.78 is 0. The van der Waals surface area contributed by atoms with Crippen molar-refractivity contribution in [2.24, 2.45) is 5.73 Å². The molecule has 0 aromatic heterocycles. The standard InChI is InChI=1S/C13H23N3O3.ClH/c1-2-3-4-10(9-14)15-11(17)7-8-16-12(18)5-6-13(16)19;/h10H,2-9,14H2,1H3,(H,15,17);1H. The van der Waals surface area contributed by atoms with Gasteiger partial charge in [-0.05, 0) is 6.42 Å². The summed E-state index contributed by atoms with van der Waals surface area (Å²) in [5, 5.41) is 2.84. The number of hydrogen-bond donors (Lipinski definition) is 2. The summed E-state index contributed by atoms with van der Waals surface area (Å²) in [5.74, 6) is -0.516. The zero-order valence-electron chi connectivity index (χ0n) is 11.9. The van der Waals surface area contributed by atoms with Crippen molar-refractivity contribution >= 4 is 30.1 Å². The van der Waals surface area contributed by atoms with Crippen LogP contribution in [0.4, 0.5) is 0 Å². The van der Waals surface area contributed by atoms with Crippen LogP contribution >= 0.6 is 12.4 Å². The van der Waals surface area contributed by atoms with Crippen molar-refractivity contribution in [1.82, 2.24) is 10.2 Å². The molecular formula is C13H24ClN3O3. The van der Waals surface area contributed by atoms with E-state index in [2.05, 4.69) is 12.2 Å². The second-order valence-corrected chi connectivity index (χ2v) is 4.83. The molecule has 6 nitrogen and oxygen atoms in total. The Balaban J connectivity index is 0.00000361. The van der Waals surface area contributed by atoms with E-state index in [9.17, 15) is 14.4 Å². The Bertz CT molecular complexity index is 334. The van der Waals surface area contributed by atoms with Gasteiger partial charge in [0.05, 0.1) is 0 Å². The predicted molar refractivity (Wildman–Crippen MR) is 78.3 cm³/mol. The topological polar surface area (TPSA) is 92.5 Å². The molecule has 0 spiro atoms. The molecule has 1 heterocycles. The first kappa shape index (κ1) is 18.9. The molecule has 0 bridgehead atoms. The number of carbonyl (C=O) groups is 3. The van der Waals surface area contributed by atoms with Gasteiger partial charge in [0.15, 0.2) is 0 Å². The summed E-state index contributed by atoms with van der Waals surface area (Å²) in [6.45, 7) is 2.67. The summed E-state index contributed by atoms with van der Waals surface area (Å²) >= 11 is 0. The number of nitrogens with two attached hydrogens (primary N) is 1. The average Bonchev–Trinajstić information content (AvgIpc) is 2.71. The summed E-state index contributed by atoms with van der Waals surface area (Å²) in [4.78, 5) is 35.6. The molecule has 1 unspecified atom stereocenters. The van der Waals surface area contributed by atoms with Gasteiger partial charge in [-0.3, -0.25) is 19.3 Å². The fourth-order valence-electron chi connectivity index (χ4n) is 2.08. The number of carbonyl (C=O) groups excluding carboxylic acids is 3. The van der Waals surface area contributed by atoms with Crippen molar-refractivity contribution in [2.75, 3.05) is 13.1 Å². The Kier molecular flexibility index (Phi) is 9.16. The van der Waals surface area contributed by atoms with E-state index in [1.54, 1.807) is 0 Å². The van der Waals surface area contributed by atoms with Crippen LogP contribution in [0.3, 0.4) is 0 Å². The van der Waals surface area contributed by atoms with Crippen molar-refractivity contribution in [2.45, 2.75) is 51.5 Å². The lowest BCUT2D eigenvalue weighted by Crippen LogP contribution is -2.42. The highest BCUT2D eigenvalue weighted by Crippen LogP contribution is 2.11. The first-order valence-electron chi connectivity index (χ1n) is 6.91. The fourth-order valence-corrected chi connectivity index (χ4v) is 2.08. The molecule has 20 heavy (non-hydrogen) atoms. The number of nitrogens with one attached hydrogen (secondary N) is 1. The Morgan fingerprint density at radius 3 is 2.45 bits per heavy atom. The van der Waals surface area contributed by atoms with Crippen molar-refractivity contribution in [1.29, 1.82) is 0 Å². The third-order valence-corrected chi connectivity index (χ3v) is 3.27. The smallest absolute Gasteiger partial charge is 0.229 e. The molecule has 1 aliphatic heterocycles. The number of likely N-dealkylation sites (tertiary alicyclic amines) is 1. The molecular weight excluding hydrogens is 282 g/mol. The number of amides is 3. The van der Waals surface area contributed by atoms with E-state index in [1.165, 1.54) is 4.90 Å². The second kappa shape index (κ2) is 9.72. The van der Waals surface area contributed by atoms with Crippen LogP contribution in [0.1, 0.15) is 45.4 Å². The van der Waals surface area contributed by atoms with Gasteiger partial charge in [0.1, 0.15) is 0 Å². The second-order valence-electron chi connectivity index (χ2n) is 4.83. The van der Waals surface area contributed by atoms with Crippen LogP contribution in [0.15, 0.2) is 0 Å². The minimum absolute atomic E-state index is 0. The summed E-state index contributed by atoms with van der Waals surface area (Å²) in [7, 11) is 0. The van der Waals surface area contributed by atoms with Gasteiger partial charge in [-0.25, -0.2) is 0 Å². The highest BCUT2D eigenvalue weighted by atomic mass is 35.5. The maximum Gasteiger partial charge on any atom is 0.229 e. The Morgan fingerprint density at radius 2 is 1.95 bits per heavy atom. The van der Waals surface area contributed by atoms with Crippen LogP contribution < -0.4 is 11.1 Å². The molecule has 1 aliphatic rings. The lowest BCUT2D eigenvalue weighted by atomic mass is 10.1. The number of rotatable bonds is 8. The lowest BCUT2D eigenvalue weighted by Gasteiger charge is -2.18. The van der Waals surface area contributed by atoms with Gasteiger partial charge in [-0.2, -0.15) is 0 Å². The van der Waals surface area contributed by atoms with Gasteiger partial charge in [0.25, 0.3) is 0 Å². The fraction of sp³-hybridized carbons (Fsp3) is 0.769. The molecule has 0 aliphatic carbocycles. The molecule has 0 radical (unpaired) electrons. The minimum atomic E-state index is -0.181. The Labute approximate surface area is 125 Å². The maximum absolute atomic E-state index is 11.7. The van der Waals surface area contributed by atoms with Crippen LogP contribution in [-0.2, 0) is 14.4 Å². The van der Waals surface area contributed by atoms with Gasteiger partial charge >= 0.3 is 0 Å². The van der Waals surface area contributed by atoms with Crippen molar-refractivity contribution in [3.8, 4) is 0 Å². The molecule has 0 aromatic rings. The molecule has 7 heteroatoms. The molecule has 1 saturated heterocycles. The van der Waals surface area contributed by atoms with Gasteiger partial charge in [0, 0.05) is 38.4 Å². The summed E-state index contributed by atoms with van der Waals surface area (Å²) in [5.41, 5.74) is 5.59. The SMILES string of the molecule is CCCCC(CN)NC(=O)CCN1C(=O)CCC1=O.Cl. The quantitative estimate of drug-likeness (QED) is 0.642.